The second-order valence-electron chi connectivity index (χ2n) is 13.8. The van der Waals surface area contributed by atoms with Gasteiger partial charge in [-0.25, -0.2) is 9.98 Å². The first kappa shape index (κ1) is 29.3. The van der Waals surface area contributed by atoms with Gasteiger partial charge in [0.15, 0.2) is 5.84 Å². The lowest BCUT2D eigenvalue weighted by molar-refractivity contribution is 0.660. The molecule has 0 amide bonds. The van der Waals surface area contributed by atoms with Crippen molar-refractivity contribution in [1.82, 2.24) is 0 Å². The summed E-state index contributed by atoms with van der Waals surface area (Å²) in [7, 11) is 0. The molecule has 236 valence electrons. The summed E-state index contributed by atoms with van der Waals surface area (Å²) in [6.07, 6.45) is 1.72. The number of amidine groups is 1. The number of nitrogens with zero attached hydrogens (tertiary/aromatic N) is 2. The molecule has 7 aromatic rings. The van der Waals surface area contributed by atoms with Crippen LogP contribution in [0.25, 0.3) is 49.9 Å². The molecule has 0 saturated heterocycles. The second kappa shape index (κ2) is 11.4. The predicted molar refractivity (Wildman–Crippen MR) is 205 cm³/mol. The highest BCUT2D eigenvalue weighted by Crippen LogP contribution is 2.49. The zero-order chi connectivity index (χ0) is 33.1. The van der Waals surface area contributed by atoms with E-state index < -0.39 is 0 Å². The van der Waals surface area contributed by atoms with Crippen LogP contribution >= 0.6 is 0 Å². The van der Waals surface area contributed by atoms with Crippen LogP contribution in [0.1, 0.15) is 61.4 Å². The number of hydrogen-bond donors (Lipinski definition) is 0. The Kier molecular flexibility index (Phi) is 6.84. The van der Waals surface area contributed by atoms with E-state index in [4.69, 9.17) is 14.4 Å². The molecule has 9 rings (SSSR count). The first-order valence-electron chi connectivity index (χ1n) is 17.1. The first-order chi connectivity index (χ1) is 24.0. The molecule has 0 N–H and O–H groups in total. The van der Waals surface area contributed by atoms with E-state index in [1.54, 1.807) is 0 Å². The lowest BCUT2D eigenvalue weighted by atomic mass is 9.81. The summed E-state index contributed by atoms with van der Waals surface area (Å²) in [5.41, 5.74) is 15.9. The summed E-state index contributed by atoms with van der Waals surface area (Å²) in [4.78, 5) is 10.8. The van der Waals surface area contributed by atoms with Gasteiger partial charge in [-0.1, -0.05) is 129 Å². The Morgan fingerprint density at radius 2 is 1.20 bits per heavy atom. The number of benzene rings is 6. The lowest BCUT2D eigenvalue weighted by Crippen LogP contribution is -2.14. The Morgan fingerprint density at radius 1 is 0.531 bits per heavy atom. The van der Waals surface area contributed by atoms with Gasteiger partial charge in [0.25, 0.3) is 0 Å². The highest BCUT2D eigenvalue weighted by Gasteiger charge is 2.35. The Labute approximate surface area is 287 Å². The van der Waals surface area contributed by atoms with Gasteiger partial charge in [-0.05, 0) is 88.5 Å². The summed E-state index contributed by atoms with van der Waals surface area (Å²) in [5, 5.41) is 2.10. The van der Waals surface area contributed by atoms with Crippen LogP contribution in [0.2, 0.25) is 0 Å². The summed E-state index contributed by atoms with van der Waals surface area (Å²) in [6.45, 7) is 6.87. The molecule has 0 fully saturated rings. The van der Waals surface area contributed by atoms with Gasteiger partial charge in [-0.2, -0.15) is 0 Å². The molecule has 0 saturated carbocycles. The minimum Gasteiger partial charge on any atom is -0.456 e. The van der Waals surface area contributed by atoms with Crippen molar-refractivity contribution in [1.29, 1.82) is 0 Å². The molecule has 1 aliphatic heterocycles. The average molecular weight is 633 g/mol. The van der Waals surface area contributed by atoms with Gasteiger partial charge in [0.05, 0.1) is 11.4 Å². The van der Waals surface area contributed by atoms with E-state index in [9.17, 15) is 0 Å². The van der Waals surface area contributed by atoms with E-state index in [2.05, 4.69) is 160 Å². The molecular weight excluding hydrogens is 597 g/mol. The molecule has 2 aliphatic rings. The fraction of sp³-hybridized carbons (Fsp3) is 0.130. The van der Waals surface area contributed by atoms with Crippen molar-refractivity contribution in [3.8, 4) is 22.3 Å². The van der Waals surface area contributed by atoms with Crippen molar-refractivity contribution >= 4 is 39.2 Å². The first-order valence-corrected chi connectivity index (χ1v) is 17.1. The molecule has 0 radical (unpaired) electrons. The number of fused-ring (bicyclic) bond motifs is 6. The molecule has 1 aliphatic carbocycles. The maximum Gasteiger partial charge on any atom is 0.160 e. The van der Waals surface area contributed by atoms with Crippen LogP contribution in [0.4, 0.5) is 0 Å². The van der Waals surface area contributed by atoms with Crippen molar-refractivity contribution in [3.63, 3.8) is 0 Å². The average Bonchev–Trinajstić information content (AvgIpc) is 3.62. The van der Waals surface area contributed by atoms with E-state index >= 15 is 0 Å². The van der Waals surface area contributed by atoms with Crippen molar-refractivity contribution in [2.24, 2.45) is 9.98 Å². The SMILES string of the molecule is C/C1=C(/c2ccccc2)N=C(c2cccc3oc4ccc(-c5ccc6c(c5)C(C)(C)c5ccccc5-6)cc4c23)N=C(c2ccccc2)CC1. The number of hydrogen-bond acceptors (Lipinski definition) is 3. The third kappa shape index (κ3) is 4.88. The molecule has 0 bridgehead atoms. The largest absolute Gasteiger partial charge is 0.456 e. The highest BCUT2D eigenvalue weighted by atomic mass is 16.3. The molecule has 6 aromatic carbocycles. The molecule has 3 nitrogen and oxygen atoms in total. The molecule has 49 heavy (non-hydrogen) atoms. The fourth-order valence-electron chi connectivity index (χ4n) is 7.78. The maximum absolute atomic E-state index is 6.51. The number of rotatable bonds is 4. The van der Waals surface area contributed by atoms with Crippen LogP contribution in [-0.2, 0) is 5.41 Å². The number of aliphatic imine (C=N–C) groups is 2. The third-order valence-electron chi connectivity index (χ3n) is 10.4. The topological polar surface area (TPSA) is 37.9 Å². The quantitative estimate of drug-likeness (QED) is 0.190. The monoisotopic (exact) mass is 632 g/mol. The minimum absolute atomic E-state index is 0.0610. The lowest BCUT2D eigenvalue weighted by Gasteiger charge is -2.22. The molecule has 2 heterocycles. The minimum atomic E-state index is -0.0610. The van der Waals surface area contributed by atoms with E-state index in [0.717, 1.165) is 68.4 Å². The summed E-state index contributed by atoms with van der Waals surface area (Å²) >= 11 is 0. The van der Waals surface area contributed by atoms with Crippen LogP contribution in [0.15, 0.2) is 160 Å². The molecule has 0 spiro atoms. The smallest absolute Gasteiger partial charge is 0.160 e. The molecule has 3 heteroatoms. The summed E-state index contributed by atoms with van der Waals surface area (Å²) in [6, 6.07) is 49.6. The van der Waals surface area contributed by atoms with Gasteiger partial charge in [-0.3, -0.25) is 0 Å². The van der Waals surface area contributed by atoms with Crippen LogP contribution in [0.5, 0.6) is 0 Å². The van der Waals surface area contributed by atoms with Crippen LogP contribution in [0.3, 0.4) is 0 Å². The normalized spacial score (nSPS) is 16.9. The van der Waals surface area contributed by atoms with E-state index in [0.29, 0.717) is 5.84 Å². The summed E-state index contributed by atoms with van der Waals surface area (Å²) in [5.74, 6) is 0.701. The molecular formula is C46H36N2O. The van der Waals surface area contributed by atoms with E-state index in [-0.39, 0.29) is 5.41 Å². The van der Waals surface area contributed by atoms with Crippen molar-refractivity contribution < 1.29 is 4.42 Å². The highest BCUT2D eigenvalue weighted by molar-refractivity contribution is 6.22. The van der Waals surface area contributed by atoms with Gasteiger partial charge >= 0.3 is 0 Å². The van der Waals surface area contributed by atoms with Crippen LogP contribution in [0, 0.1) is 0 Å². The van der Waals surface area contributed by atoms with Crippen LogP contribution in [-0.4, -0.2) is 11.5 Å². The Balaban J connectivity index is 1.24. The van der Waals surface area contributed by atoms with Crippen molar-refractivity contribution in [3.05, 3.63) is 173 Å². The van der Waals surface area contributed by atoms with Gasteiger partial charge in [0, 0.05) is 27.3 Å². The molecule has 0 atom stereocenters. The molecule has 0 unspecified atom stereocenters. The Morgan fingerprint density at radius 3 is 2.02 bits per heavy atom. The number of allylic oxidation sites excluding steroid dienone is 1. The fourth-order valence-corrected chi connectivity index (χ4v) is 7.78. The van der Waals surface area contributed by atoms with Crippen molar-refractivity contribution in [2.45, 2.75) is 39.0 Å². The van der Waals surface area contributed by atoms with Crippen LogP contribution < -0.4 is 0 Å². The summed E-state index contributed by atoms with van der Waals surface area (Å²) < 4.78 is 6.51. The van der Waals surface area contributed by atoms with Gasteiger partial charge in [0.2, 0.25) is 0 Å². The Bertz CT molecular complexity index is 2510. The van der Waals surface area contributed by atoms with Gasteiger partial charge in [0.1, 0.15) is 11.2 Å². The standard InChI is InChI=1S/C46H36N2O/c1-29-21-25-40(30-13-6-4-7-14-30)47-45(48-44(29)31-15-8-5-9-16-31)36-18-12-20-42-43(36)37-27-32(23-26-41(37)49-42)33-22-24-35-34-17-10-11-19-38(34)46(2,3)39(35)28-33/h4-20,22-24,26-28H,21,25H2,1-3H3/b44-29+,47-40?,48-45?. The zero-order valence-electron chi connectivity index (χ0n) is 28.0. The second-order valence-corrected chi connectivity index (χ2v) is 13.8. The number of furan rings is 1. The Hall–Kier alpha value is -5.80. The van der Waals surface area contributed by atoms with E-state index in [1.165, 1.54) is 33.4 Å². The van der Waals surface area contributed by atoms with Gasteiger partial charge in [-0.15, -0.1) is 0 Å². The maximum atomic E-state index is 6.51. The predicted octanol–water partition coefficient (Wildman–Crippen LogP) is 12.0. The van der Waals surface area contributed by atoms with E-state index in [1.807, 2.05) is 0 Å². The molecule has 1 aromatic heterocycles. The third-order valence-corrected chi connectivity index (χ3v) is 10.4. The van der Waals surface area contributed by atoms with Gasteiger partial charge < -0.3 is 4.42 Å². The zero-order valence-corrected chi connectivity index (χ0v) is 28.0. The van der Waals surface area contributed by atoms with Crippen molar-refractivity contribution in [2.75, 3.05) is 0 Å².